The van der Waals surface area contributed by atoms with E-state index in [4.69, 9.17) is 9.47 Å². The third-order valence-electron chi connectivity index (χ3n) is 3.78. The van der Waals surface area contributed by atoms with Crippen molar-refractivity contribution < 1.29 is 19.1 Å². The van der Waals surface area contributed by atoms with Crippen LogP contribution in [0.3, 0.4) is 0 Å². The lowest BCUT2D eigenvalue weighted by Gasteiger charge is -2.43. The number of nitrogens with zero attached hydrogens (tertiary/aromatic N) is 3. The van der Waals surface area contributed by atoms with Gasteiger partial charge in [0, 0.05) is 25.6 Å². The summed E-state index contributed by atoms with van der Waals surface area (Å²) in [6.45, 7) is 8.56. The van der Waals surface area contributed by atoms with Gasteiger partial charge in [0.25, 0.3) is 0 Å². The minimum absolute atomic E-state index is 0.0932. The van der Waals surface area contributed by atoms with E-state index in [1.54, 1.807) is 0 Å². The summed E-state index contributed by atoms with van der Waals surface area (Å²) in [5.74, 6) is -0.0447. The molecule has 1 aliphatic heterocycles. The van der Waals surface area contributed by atoms with Crippen LogP contribution >= 0.6 is 0 Å². The number of likely N-dealkylation sites (N-methyl/N-ethyl adjacent to an activating group) is 2. The van der Waals surface area contributed by atoms with Gasteiger partial charge in [-0.15, -0.1) is 0 Å². The van der Waals surface area contributed by atoms with Crippen LogP contribution < -0.4 is 0 Å². The second kappa shape index (κ2) is 9.20. The lowest BCUT2D eigenvalue weighted by atomic mass is 10.0. The Morgan fingerprint density at radius 2 is 1.65 bits per heavy atom. The molecule has 1 saturated heterocycles. The molecule has 23 heavy (non-hydrogen) atoms. The van der Waals surface area contributed by atoms with Crippen LogP contribution in [0.2, 0.25) is 0 Å². The predicted molar refractivity (Wildman–Crippen MR) is 87.9 cm³/mol. The molecule has 2 atom stereocenters. The van der Waals surface area contributed by atoms with Crippen molar-refractivity contribution in [2.24, 2.45) is 5.92 Å². The monoisotopic (exact) mass is 329 g/mol. The molecule has 0 saturated carbocycles. The highest BCUT2D eigenvalue weighted by Crippen LogP contribution is 2.23. The summed E-state index contributed by atoms with van der Waals surface area (Å²) in [6, 6.07) is 0. The zero-order valence-corrected chi connectivity index (χ0v) is 15.2. The van der Waals surface area contributed by atoms with Gasteiger partial charge in [0.05, 0.1) is 19.2 Å². The fourth-order valence-corrected chi connectivity index (χ4v) is 2.56. The molecule has 1 heterocycles. The molecule has 0 bridgehead atoms. The smallest absolute Gasteiger partial charge is 0.321 e. The van der Waals surface area contributed by atoms with E-state index in [2.05, 4.69) is 6.92 Å². The number of hydrogen-bond acceptors (Lipinski definition) is 7. The lowest BCUT2D eigenvalue weighted by Crippen LogP contribution is -2.55. The molecule has 0 spiro atoms. The lowest BCUT2D eigenvalue weighted by molar-refractivity contribution is -0.182. The molecule has 0 radical (unpaired) electrons. The molecule has 1 aliphatic rings. The van der Waals surface area contributed by atoms with Gasteiger partial charge >= 0.3 is 11.9 Å². The van der Waals surface area contributed by atoms with Crippen molar-refractivity contribution in [3.63, 3.8) is 0 Å². The highest BCUT2D eigenvalue weighted by molar-refractivity contribution is 5.72. The Hall–Kier alpha value is -1.18. The Kier molecular flexibility index (Phi) is 7.94. The molecule has 0 aromatic heterocycles. The molecule has 0 aliphatic carbocycles. The van der Waals surface area contributed by atoms with Gasteiger partial charge in [0.2, 0.25) is 0 Å². The minimum Gasteiger partial charge on any atom is -0.462 e. The average Bonchev–Trinajstić information content (AvgIpc) is 2.42. The van der Waals surface area contributed by atoms with Crippen LogP contribution in [0.25, 0.3) is 0 Å². The fraction of sp³-hybridized carbons (Fsp3) is 0.875. The quantitative estimate of drug-likeness (QED) is 0.562. The summed E-state index contributed by atoms with van der Waals surface area (Å²) in [5.41, 5.74) is 0. The van der Waals surface area contributed by atoms with Gasteiger partial charge < -0.3 is 9.47 Å². The fourth-order valence-electron chi connectivity index (χ4n) is 2.56. The van der Waals surface area contributed by atoms with Gasteiger partial charge in [0.1, 0.15) is 0 Å². The Morgan fingerprint density at radius 3 is 2.09 bits per heavy atom. The van der Waals surface area contributed by atoms with Crippen LogP contribution in [0.1, 0.15) is 20.8 Å². The molecule has 0 aromatic rings. The summed E-state index contributed by atoms with van der Waals surface area (Å²) >= 11 is 0. The van der Waals surface area contributed by atoms with E-state index in [1.165, 1.54) is 0 Å². The van der Waals surface area contributed by atoms with Crippen LogP contribution in [0, 0.1) is 5.92 Å². The maximum Gasteiger partial charge on any atom is 0.321 e. The van der Waals surface area contributed by atoms with E-state index < -0.39 is 0 Å². The summed E-state index contributed by atoms with van der Waals surface area (Å²) in [5, 5.41) is 0. The summed E-state index contributed by atoms with van der Waals surface area (Å²) in [6.07, 6.45) is -0.190. The first-order valence-corrected chi connectivity index (χ1v) is 8.15. The van der Waals surface area contributed by atoms with Gasteiger partial charge in [-0.05, 0) is 35.0 Å². The van der Waals surface area contributed by atoms with Crippen molar-refractivity contribution >= 4 is 11.9 Å². The topological polar surface area (TPSA) is 62.3 Å². The van der Waals surface area contributed by atoms with Crippen LogP contribution in [-0.4, -0.2) is 92.8 Å². The first-order chi connectivity index (χ1) is 10.7. The van der Waals surface area contributed by atoms with Crippen molar-refractivity contribution in [3.05, 3.63) is 0 Å². The highest BCUT2D eigenvalue weighted by Gasteiger charge is 2.35. The van der Waals surface area contributed by atoms with E-state index in [-0.39, 0.29) is 37.4 Å². The van der Waals surface area contributed by atoms with Crippen LogP contribution in [0.15, 0.2) is 0 Å². The van der Waals surface area contributed by atoms with E-state index in [9.17, 15) is 9.59 Å². The molecular formula is C16H31N3O4. The maximum absolute atomic E-state index is 11.9. The van der Waals surface area contributed by atoms with Crippen molar-refractivity contribution in [3.8, 4) is 0 Å². The Balaban J connectivity index is 2.19. The number of likely N-dealkylation sites (tertiary alicyclic amines) is 1. The van der Waals surface area contributed by atoms with Gasteiger partial charge in [-0.1, -0.05) is 6.92 Å². The average molecular weight is 329 g/mol. The molecule has 1 fully saturated rings. The standard InChI is InChI=1S/C16H31N3O4/c1-12(2)22-14(20)10-17(4)7-8-18(5)11-15(21)23-16-13(3)9-19(16)6/h12-13,16H,7-11H2,1-6H3. The Morgan fingerprint density at radius 1 is 1.13 bits per heavy atom. The molecule has 2 unspecified atom stereocenters. The number of hydrogen-bond donors (Lipinski definition) is 0. The second-order valence-electron chi connectivity index (χ2n) is 6.81. The molecular weight excluding hydrogens is 298 g/mol. The van der Waals surface area contributed by atoms with E-state index >= 15 is 0 Å². The number of ether oxygens (including phenoxy) is 2. The zero-order valence-electron chi connectivity index (χ0n) is 15.2. The molecule has 7 heteroatoms. The van der Waals surface area contributed by atoms with Crippen molar-refractivity contribution in [2.75, 3.05) is 53.9 Å². The molecule has 0 aromatic carbocycles. The van der Waals surface area contributed by atoms with Crippen LogP contribution in [-0.2, 0) is 19.1 Å². The molecule has 1 rings (SSSR count). The van der Waals surface area contributed by atoms with Crippen molar-refractivity contribution in [1.82, 2.24) is 14.7 Å². The molecule has 134 valence electrons. The normalized spacial score (nSPS) is 21.6. The summed E-state index contributed by atoms with van der Waals surface area (Å²) < 4.78 is 10.6. The first kappa shape index (κ1) is 19.9. The largest absolute Gasteiger partial charge is 0.462 e. The van der Waals surface area contributed by atoms with Crippen molar-refractivity contribution in [2.45, 2.75) is 33.1 Å². The number of carbonyl (C=O) groups excluding carboxylic acids is 2. The number of esters is 2. The molecule has 0 N–H and O–H groups in total. The van der Waals surface area contributed by atoms with Gasteiger partial charge in [-0.25, -0.2) is 0 Å². The first-order valence-electron chi connectivity index (χ1n) is 8.15. The van der Waals surface area contributed by atoms with Gasteiger partial charge in [-0.2, -0.15) is 0 Å². The maximum atomic E-state index is 11.9. The SMILES string of the molecule is CC(C)OC(=O)CN(C)CCN(C)CC(=O)OC1C(C)CN1C. The number of rotatable bonds is 9. The molecule has 7 nitrogen and oxygen atoms in total. The van der Waals surface area contributed by atoms with E-state index in [0.717, 1.165) is 6.54 Å². The third-order valence-corrected chi connectivity index (χ3v) is 3.78. The molecule has 0 amide bonds. The van der Waals surface area contributed by atoms with Gasteiger partial charge in [0.15, 0.2) is 6.23 Å². The Labute approximate surface area is 139 Å². The predicted octanol–water partition coefficient (Wildman–Crippen LogP) is 0.252. The second-order valence-corrected chi connectivity index (χ2v) is 6.81. The third kappa shape index (κ3) is 7.28. The number of carbonyl (C=O) groups is 2. The van der Waals surface area contributed by atoms with E-state index in [0.29, 0.717) is 19.0 Å². The minimum atomic E-state index is -0.230. The van der Waals surface area contributed by atoms with Crippen molar-refractivity contribution in [1.29, 1.82) is 0 Å². The zero-order chi connectivity index (χ0) is 17.6. The summed E-state index contributed by atoms with van der Waals surface area (Å²) in [4.78, 5) is 29.3. The highest BCUT2D eigenvalue weighted by atomic mass is 16.6. The van der Waals surface area contributed by atoms with E-state index in [1.807, 2.05) is 49.7 Å². The van der Waals surface area contributed by atoms with Crippen LogP contribution in [0.5, 0.6) is 0 Å². The Bertz CT molecular complexity index is 395. The summed E-state index contributed by atoms with van der Waals surface area (Å²) in [7, 11) is 5.68. The van der Waals surface area contributed by atoms with Crippen LogP contribution in [0.4, 0.5) is 0 Å². The van der Waals surface area contributed by atoms with Gasteiger partial charge in [-0.3, -0.25) is 24.3 Å².